The summed E-state index contributed by atoms with van der Waals surface area (Å²) < 4.78 is 10.5. The minimum Gasteiger partial charge on any atom is -0.480 e. The minimum atomic E-state index is -1.38. The van der Waals surface area contributed by atoms with Gasteiger partial charge in [-0.25, -0.2) is 0 Å². The standard InChI is InChI=1S/C9H12O3S2/c1-9(2,8(10)11)14(12)6-7-3-4-13-5-7/h3-5H,6H2,1-2H3,(H,10,11). The third kappa shape index (κ3) is 2.42. The van der Waals surface area contributed by atoms with Crippen LogP contribution in [0.2, 0.25) is 0 Å². The first-order valence-electron chi connectivity index (χ1n) is 4.07. The first-order chi connectivity index (χ1) is 6.44. The van der Waals surface area contributed by atoms with Crippen LogP contribution in [-0.2, 0) is 21.3 Å². The Morgan fingerprint density at radius 3 is 2.71 bits per heavy atom. The van der Waals surface area contributed by atoms with E-state index >= 15 is 0 Å². The van der Waals surface area contributed by atoms with E-state index in [1.165, 1.54) is 25.2 Å². The van der Waals surface area contributed by atoms with Crippen molar-refractivity contribution in [1.29, 1.82) is 0 Å². The molecule has 0 aliphatic rings. The molecule has 0 amide bonds. The van der Waals surface area contributed by atoms with Gasteiger partial charge in [-0.3, -0.25) is 9.00 Å². The van der Waals surface area contributed by atoms with Crippen molar-refractivity contribution in [3.05, 3.63) is 22.4 Å². The van der Waals surface area contributed by atoms with Crippen LogP contribution in [0.15, 0.2) is 16.8 Å². The Morgan fingerprint density at radius 1 is 1.64 bits per heavy atom. The zero-order chi connectivity index (χ0) is 10.8. The van der Waals surface area contributed by atoms with E-state index < -0.39 is 21.5 Å². The van der Waals surface area contributed by atoms with Crippen LogP contribution in [0.1, 0.15) is 19.4 Å². The molecule has 1 heterocycles. The van der Waals surface area contributed by atoms with Crippen LogP contribution in [0, 0.1) is 0 Å². The molecule has 1 N–H and O–H groups in total. The minimum absolute atomic E-state index is 0.308. The molecular formula is C9H12O3S2. The molecule has 0 saturated heterocycles. The number of thiophene rings is 1. The molecule has 14 heavy (non-hydrogen) atoms. The van der Waals surface area contributed by atoms with E-state index in [2.05, 4.69) is 0 Å². The molecule has 0 fully saturated rings. The fourth-order valence-electron chi connectivity index (χ4n) is 0.804. The van der Waals surface area contributed by atoms with Crippen molar-refractivity contribution in [2.75, 3.05) is 0 Å². The van der Waals surface area contributed by atoms with Gasteiger partial charge < -0.3 is 5.11 Å². The van der Waals surface area contributed by atoms with Crippen molar-refractivity contribution in [3.63, 3.8) is 0 Å². The van der Waals surface area contributed by atoms with Gasteiger partial charge in [0.1, 0.15) is 4.75 Å². The first-order valence-corrected chi connectivity index (χ1v) is 6.33. The lowest BCUT2D eigenvalue weighted by Gasteiger charge is -2.17. The number of carbonyl (C=O) groups is 1. The Bertz CT molecular complexity index is 341. The van der Waals surface area contributed by atoms with Crippen molar-refractivity contribution in [2.45, 2.75) is 24.3 Å². The van der Waals surface area contributed by atoms with Gasteiger partial charge in [0.15, 0.2) is 0 Å². The number of hydrogen-bond donors (Lipinski definition) is 1. The molecule has 0 aliphatic carbocycles. The Labute approximate surface area is 89.2 Å². The van der Waals surface area contributed by atoms with Crippen molar-refractivity contribution < 1.29 is 14.1 Å². The van der Waals surface area contributed by atoms with E-state index in [9.17, 15) is 9.00 Å². The number of carboxylic acid groups (broad SMARTS) is 1. The van der Waals surface area contributed by atoms with Crippen molar-refractivity contribution in [2.24, 2.45) is 0 Å². The van der Waals surface area contributed by atoms with E-state index in [0.717, 1.165) is 5.56 Å². The zero-order valence-corrected chi connectivity index (χ0v) is 9.65. The van der Waals surface area contributed by atoms with Gasteiger partial charge in [-0.15, -0.1) is 0 Å². The average molecular weight is 232 g/mol. The van der Waals surface area contributed by atoms with E-state index in [-0.39, 0.29) is 0 Å². The highest BCUT2D eigenvalue weighted by Crippen LogP contribution is 2.18. The fraction of sp³-hybridized carbons (Fsp3) is 0.444. The second-order valence-electron chi connectivity index (χ2n) is 3.44. The fourth-order valence-corrected chi connectivity index (χ4v) is 2.62. The summed E-state index contributed by atoms with van der Waals surface area (Å²) in [5.74, 6) is -0.714. The molecule has 0 radical (unpaired) electrons. The number of hydrogen-bond acceptors (Lipinski definition) is 3. The Morgan fingerprint density at radius 2 is 2.29 bits per heavy atom. The van der Waals surface area contributed by atoms with Gasteiger partial charge in [0, 0.05) is 10.8 Å². The number of rotatable bonds is 4. The first kappa shape index (κ1) is 11.4. The smallest absolute Gasteiger partial charge is 0.321 e. The molecule has 5 heteroatoms. The van der Waals surface area contributed by atoms with Crippen LogP contribution in [0.25, 0.3) is 0 Å². The molecule has 0 aromatic carbocycles. The van der Waals surface area contributed by atoms with Crippen molar-refractivity contribution in [1.82, 2.24) is 0 Å². The van der Waals surface area contributed by atoms with E-state index in [1.807, 2.05) is 16.8 Å². The third-order valence-electron chi connectivity index (χ3n) is 1.96. The lowest BCUT2D eigenvalue weighted by atomic mass is 10.2. The van der Waals surface area contributed by atoms with E-state index in [1.54, 1.807) is 0 Å². The molecule has 0 saturated carbocycles. The summed E-state index contributed by atoms with van der Waals surface area (Å²) in [4.78, 5) is 10.8. The van der Waals surface area contributed by atoms with Crippen LogP contribution in [0.4, 0.5) is 0 Å². The third-order valence-corrected chi connectivity index (χ3v) is 4.60. The van der Waals surface area contributed by atoms with E-state index in [0.29, 0.717) is 5.75 Å². The summed E-state index contributed by atoms with van der Waals surface area (Å²) in [5.41, 5.74) is 0.933. The predicted octanol–water partition coefficient (Wildman–Crippen LogP) is 1.86. The van der Waals surface area contributed by atoms with Crippen LogP contribution in [0.5, 0.6) is 0 Å². The van der Waals surface area contributed by atoms with Gasteiger partial charge in [0.2, 0.25) is 0 Å². The quantitative estimate of drug-likeness (QED) is 0.862. The van der Waals surface area contributed by atoms with Crippen LogP contribution in [0.3, 0.4) is 0 Å². The summed E-state index contributed by atoms with van der Waals surface area (Å²) in [5, 5.41) is 12.6. The summed E-state index contributed by atoms with van der Waals surface area (Å²) in [6, 6.07) is 1.86. The average Bonchev–Trinajstić information content (AvgIpc) is 2.56. The molecule has 1 rings (SSSR count). The van der Waals surface area contributed by atoms with Gasteiger partial charge in [-0.2, -0.15) is 11.3 Å². The molecule has 1 aromatic rings. The zero-order valence-electron chi connectivity index (χ0n) is 8.02. The maximum absolute atomic E-state index is 11.7. The van der Waals surface area contributed by atoms with Crippen molar-refractivity contribution in [3.8, 4) is 0 Å². The lowest BCUT2D eigenvalue weighted by Crippen LogP contribution is -2.37. The molecule has 3 nitrogen and oxygen atoms in total. The highest BCUT2D eigenvalue weighted by atomic mass is 32.2. The topological polar surface area (TPSA) is 54.4 Å². The number of carboxylic acids is 1. The monoisotopic (exact) mass is 232 g/mol. The molecule has 78 valence electrons. The van der Waals surface area contributed by atoms with E-state index in [4.69, 9.17) is 5.11 Å². The molecule has 0 spiro atoms. The highest BCUT2D eigenvalue weighted by molar-refractivity contribution is 7.86. The van der Waals surface area contributed by atoms with Gasteiger partial charge >= 0.3 is 5.97 Å². The van der Waals surface area contributed by atoms with Crippen LogP contribution < -0.4 is 0 Å². The van der Waals surface area contributed by atoms with Gasteiger partial charge in [0.05, 0.1) is 5.75 Å². The summed E-state index contributed by atoms with van der Waals surface area (Å²) in [6.07, 6.45) is 0. The molecule has 0 aliphatic heterocycles. The Balaban J connectivity index is 2.72. The summed E-state index contributed by atoms with van der Waals surface area (Å²) >= 11 is 1.52. The largest absolute Gasteiger partial charge is 0.480 e. The SMILES string of the molecule is CC(C)(C(=O)O)S(=O)Cc1ccsc1. The van der Waals surface area contributed by atoms with Crippen molar-refractivity contribution >= 4 is 28.1 Å². The maximum Gasteiger partial charge on any atom is 0.321 e. The Hall–Kier alpha value is -0.680. The summed E-state index contributed by atoms with van der Waals surface area (Å²) in [6.45, 7) is 2.97. The molecular weight excluding hydrogens is 220 g/mol. The summed E-state index contributed by atoms with van der Waals surface area (Å²) in [7, 11) is -1.38. The second kappa shape index (κ2) is 4.23. The normalized spacial score (nSPS) is 13.9. The van der Waals surface area contributed by atoms with Gasteiger partial charge in [0.25, 0.3) is 0 Å². The highest BCUT2D eigenvalue weighted by Gasteiger charge is 2.34. The molecule has 0 bridgehead atoms. The van der Waals surface area contributed by atoms with Gasteiger partial charge in [-0.05, 0) is 36.2 Å². The second-order valence-corrected chi connectivity index (χ2v) is 6.22. The Kier molecular flexibility index (Phi) is 3.44. The molecule has 1 aromatic heterocycles. The number of aliphatic carboxylic acids is 1. The predicted molar refractivity (Wildman–Crippen MR) is 57.9 cm³/mol. The van der Waals surface area contributed by atoms with Crippen LogP contribution in [-0.4, -0.2) is 20.0 Å². The maximum atomic E-state index is 11.7. The molecule has 1 atom stereocenters. The van der Waals surface area contributed by atoms with Gasteiger partial charge in [-0.1, -0.05) is 0 Å². The van der Waals surface area contributed by atoms with Crippen LogP contribution >= 0.6 is 11.3 Å². The lowest BCUT2D eigenvalue weighted by molar-refractivity contribution is -0.139. The molecule has 1 unspecified atom stereocenters.